The summed E-state index contributed by atoms with van der Waals surface area (Å²) < 4.78 is 0. The normalized spacial score (nSPS) is 14.6. The largest absolute Gasteiger partial charge is 0.329 e. The van der Waals surface area contributed by atoms with E-state index < -0.39 is 0 Å². The molecule has 0 bridgehead atoms. The Bertz CT molecular complexity index is 50.5. The maximum atomic E-state index is 5.46. The molecule has 0 heterocycles. The van der Waals surface area contributed by atoms with E-state index in [4.69, 9.17) is 5.73 Å². The predicted octanol–water partition coefficient (Wildman–Crippen LogP) is 1.33. The quantitative estimate of drug-likeness (QED) is 0.628. The molecule has 8 heavy (non-hydrogen) atoms. The number of rotatable bonds is 3. The van der Waals surface area contributed by atoms with Crippen LogP contribution in [-0.4, -0.2) is 18.1 Å². The van der Waals surface area contributed by atoms with Gasteiger partial charge in [0.25, 0.3) is 0 Å². The highest BCUT2D eigenvalue weighted by Gasteiger charge is 2.07. The van der Waals surface area contributed by atoms with Crippen LogP contribution in [0.3, 0.4) is 0 Å². The van der Waals surface area contributed by atoms with Gasteiger partial charge in [0.05, 0.1) is 0 Å². The van der Waals surface area contributed by atoms with Crippen molar-refractivity contribution in [2.45, 2.75) is 19.1 Å². The van der Waals surface area contributed by atoms with Crippen LogP contribution in [-0.2, 0) is 0 Å². The van der Waals surface area contributed by atoms with E-state index >= 15 is 0 Å². The van der Waals surface area contributed by atoms with Gasteiger partial charge < -0.3 is 5.73 Å². The first-order chi connectivity index (χ1) is 3.72. The summed E-state index contributed by atoms with van der Waals surface area (Å²) in [5.41, 5.74) is 5.46. The van der Waals surface area contributed by atoms with Crippen molar-refractivity contribution in [3.63, 3.8) is 0 Å². The van der Waals surface area contributed by atoms with Gasteiger partial charge in [0.1, 0.15) is 0 Å². The van der Waals surface area contributed by atoms with Gasteiger partial charge in [0.2, 0.25) is 0 Å². The average Bonchev–Trinajstić information content (AvgIpc) is 1.69. The van der Waals surface area contributed by atoms with Crippen molar-refractivity contribution >= 4 is 11.8 Å². The minimum absolute atomic E-state index is 0.648. The fourth-order valence-electron chi connectivity index (χ4n) is 0.641. The Morgan fingerprint density at radius 2 is 2.00 bits per heavy atom. The lowest BCUT2D eigenvalue weighted by atomic mass is 10.1. The zero-order valence-electron chi connectivity index (χ0n) is 5.85. The van der Waals surface area contributed by atoms with E-state index in [9.17, 15) is 0 Å². The first-order valence-corrected chi connectivity index (χ1v) is 4.24. The molecular formula is C6H15NS. The van der Waals surface area contributed by atoms with Gasteiger partial charge in [-0.15, -0.1) is 0 Å². The third-order valence-electron chi connectivity index (χ3n) is 1.28. The van der Waals surface area contributed by atoms with Crippen molar-refractivity contribution in [2.24, 2.45) is 11.7 Å². The topological polar surface area (TPSA) is 26.0 Å². The lowest BCUT2D eigenvalue weighted by Gasteiger charge is -2.14. The van der Waals surface area contributed by atoms with Crippen LogP contribution in [0.2, 0.25) is 0 Å². The van der Waals surface area contributed by atoms with Crippen molar-refractivity contribution < 1.29 is 0 Å². The van der Waals surface area contributed by atoms with Gasteiger partial charge in [-0.25, -0.2) is 0 Å². The van der Waals surface area contributed by atoms with Gasteiger partial charge >= 0.3 is 0 Å². The molecule has 0 saturated heterocycles. The minimum Gasteiger partial charge on any atom is -0.329 e. The highest BCUT2D eigenvalue weighted by molar-refractivity contribution is 7.99. The van der Waals surface area contributed by atoms with Crippen LogP contribution in [0.25, 0.3) is 0 Å². The van der Waals surface area contributed by atoms with E-state index in [0.717, 1.165) is 12.5 Å². The van der Waals surface area contributed by atoms with Crippen molar-refractivity contribution in [3.05, 3.63) is 0 Å². The Morgan fingerprint density at radius 3 is 2.00 bits per heavy atom. The predicted molar refractivity (Wildman–Crippen MR) is 41.2 cm³/mol. The smallest absolute Gasteiger partial charge is 0.0190 e. The molecule has 0 radical (unpaired) electrons. The molecule has 2 heteroatoms. The van der Waals surface area contributed by atoms with Gasteiger partial charge in [0, 0.05) is 11.8 Å². The summed E-state index contributed by atoms with van der Waals surface area (Å²) in [5.74, 6) is 0.718. The maximum absolute atomic E-state index is 5.46. The first-order valence-electron chi connectivity index (χ1n) is 2.95. The molecule has 1 nitrogen and oxygen atoms in total. The molecule has 1 atom stereocenters. The summed E-state index contributed by atoms with van der Waals surface area (Å²) >= 11 is 1.85. The molecular weight excluding hydrogens is 118 g/mol. The van der Waals surface area contributed by atoms with E-state index in [1.54, 1.807) is 0 Å². The molecule has 0 rings (SSSR count). The molecule has 0 saturated carbocycles. The fourth-order valence-corrected chi connectivity index (χ4v) is 1.38. The molecule has 0 aromatic rings. The van der Waals surface area contributed by atoms with Gasteiger partial charge in [0.15, 0.2) is 0 Å². The standard InChI is InChI=1S/C6H15NS/c1-5(2)6(4-7)8-3/h5-6H,4,7H2,1-3H3. The molecule has 0 amide bonds. The van der Waals surface area contributed by atoms with Crippen LogP contribution in [0.15, 0.2) is 0 Å². The van der Waals surface area contributed by atoms with Crippen molar-refractivity contribution in [1.29, 1.82) is 0 Å². The highest BCUT2D eigenvalue weighted by atomic mass is 32.2. The lowest BCUT2D eigenvalue weighted by Crippen LogP contribution is -2.21. The molecule has 50 valence electrons. The third kappa shape index (κ3) is 2.58. The van der Waals surface area contributed by atoms with Gasteiger partial charge in [-0.3, -0.25) is 0 Å². The Labute approximate surface area is 56.0 Å². The summed E-state index contributed by atoms with van der Waals surface area (Å²) in [7, 11) is 0. The third-order valence-corrected chi connectivity index (χ3v) is 2.62. The van der Waals surface area contributed by atoms with E-state index in [2.05, 4.69) is 20.1 Å². The number of thioether (sulfide) groups is 1. The monoisotopic (exact) mass is 133 g/mol. The van der Waals surface area contributed by atoms with Crippen LogP contribution >= 0.6 is 11.8 Å². The lowest BCUT2D eigenvalue weighted by molar-refractivity contribution is 0.614. The molecule has 0 aromatic carbocycles. The molecule has 0 spiro atoms. The summed E-state index contributed by atoms with van der Waals surface area (Å²) in [6, 6.07) is 0. The number of hydrogen-bond acceptors (Lipinski definition) is 2. The molecule has 0 fully saturated rings. The summed E-state index contributed by atoms with van der Waals surface area (Å²) in [5, 5.41) is 0.648. The Kier molecular flexibility index (Phi) is 4.38. The Morgan fingerprint density at radius 1 is 1.50 bits per heavy atom. The zero-order chi connectivity index (χ0) is 6.57. The first kappa shape index (κ1) is 8.31. The SMILES string of the molecule is CSC(CN)C(C)C. The van der Waals surface area contributed by atoms with Crippen LogP contribution in [0.4, 0.5) is 0 Å². The number of nitrogens with two attached hydrogens (primary N) is 1. The van der Waals surface area contributed by atoms with E-state index in [1.165, 1.54) is 0 Å². The molecule has 0 aliphatic rings. The maximum Gasteiger partial charge on any atom is 0.0190 e. The molecule has 1 unspecified atom stereocenters. The zero-order valence-corrected chi connectivity index (χ0v) is 6.66. The average molecular weight is 133 g/mol. The molecule has 0 aliphatic heterocycles. The molecule has 2 N–H and O–H groups in total. The second-order valence-electron chi connectivity index (χ2n) is 2.25. The summed E-state index contributed by atoms with van der Waals surface area (Å²) in [4.78, 5) is 0. The summed E-state index contributed by atoms with van der Waals surface area (Å²) in [6.07, 6.45) is 2.11. The van der Waals surface area contributed by atoms with Crippen LogP contribution in [0.1, 0.15) is 13.8 Å². The van der Waals surface area contributed by atoms with E-state index in [1.807, 2.05) is 11.8 Å². The second-order valence-corrected chi connectivity index (χ2v) is 3.33. The van der Waals surface area contributed by atoms with Crippen molar-refractivity contribution in [2.75, 3.05) is 12.8 Å². The van der Waals surface area contributed by atoms with E-state index in [-0.39, 0.29) is 0 Å². The minimum atomic E-state index is 0.648. The Balaban J connectivity index is 3.35. The van der Waals surface area contributed by atoms with Crippen LogP contribution < -0.4 is 5.73 Å². The molecule has 0 aromatic heterocycles. The molecule has 0 aliphatic carbocycles. The van der Waals surface area contributed by atoms with Crippen LogP contribution in [0.5, 0.6) is 0 Å². The fraction of sp³-hybridized carbons (Fsp3) is 1.00. The highest BCUT2D eigenvalue weighted by Crippen LogP contribution is 2.13. The Hall–Kier alpha value is 0.310. The van der Waals surface area contributed by atoms with Gasteiger partial charge in [-0.1, -0.05) is 13.8 Å². The number of hydrogen-bond donors (Lipinski definition) is 1. The van der Waals surface area contributed by atoms with Gasteiger partial charge in [-0.05, 0) is 12.2 Å². The van der Waals surface area contributed by atoms with Crippen LogP contribution in [0, 0.1) is 5.92 Å². The second kappa shape index (κ2) is 4.21. The van der Waals surface area contributed by atoms with Crippen molar-refractivity contribution in [3.8, 4) is 0 Å². The van der Waals surface area contributed by atoms with Crippen molar-refractivity contribution in [1.82, 2.24) is 0 Å². The summed E-state index contributed by atoms with van der Waals surface area (Å²) in [6.45, 7) is 5.21. The van der Waals surface area contributed by atoms with Gasteiger partial charge in [-0.2, -0.15) is 11.8 Å². The van der Waals surface area contributed by atoms with E-state index in [0.29, 0.717) is 5.25 Å².